The number of hydrogen-bond acceptors (Lipinski definition) is 7. The zero-order valence-corrected chi connectivity index (χ0v) is 38.7. The smallest absolute Gasteiger partial charge is 0.309 e. The first-order valence-electron chi connectivity index (χ1n) is 23.1. The van der Waals surface area contributed by atoms with Crippen LogP contribution in [0.1, 0.15) is 143 Å². The van der Waals surface area contributed by atoms with Crippen molar-refractivity contribution in [2.75, 3.05) is 19.8 Å². The van der Waals surface area contributed by atoms with Crippen molar-refractivity contribution in [1.29, 1.82) is 0 Å². The van der Waals surface area contributed by atoms with E-state index in [4.69, 9.17) is 21.1 Å². The Kier molecular flexibility index (Phi) is 10.9. The first-order chi connectivity index (χ1) is 28.4. The maximum absolute atomic E-state index is 14.2. The van der Waals surface area contributed by atoms with Crippen LogP contribution in [0.25, 0.3) is 0 Å². The highest BCUT2D eigenvalue weighted by Crippen LogP contribution is 2.77. The molecular formula is C50H69ClN2O8. The van der Waals surface area contributed by atoms with Gasteiger partial charge in [0, 0.05) is 40.8 Å². The summed E-state index contributed by atoms with van der Waals surface area (Å²) in [6, 6.07) is 6.72. The average Bonchev–Trinajstić information content (AvgIpc) is 3.45. The van der Waals surface area contributed by atoms with Crippen LogP contribution in [0.3, 0.4) is 0 Å². The first-order valence-corrected chi connectivity index (χ1v) is 23.5. The molecule has 1 aliphatic heterocycles. The Labute approximate surface area is 367 Å². The number of carbonyl (C=O) groups excluding carboxylic acids is 4. The van der Waals surface area contributed by atoms with Crippen LogP contribution in [0.2, 0.25) is 5.02 Å². The zero-order valence-electron chi connectivity index (χ0n) is 37.9. The standard InChI is InChI=1S/C50H69ClN2O8/c1-28(2)39-34(54)23-49(24-38(55)52-25-50(26-60-27-50)53-41(56)29-10-12-30(51)13-11-29)21-20-47(8)31(40(39)49)14-15-36-46(7)18-17-37(45(5,6)35(46)16-19-48(36,47)9)61-43(59)33-22-32(42(57)58)44(33,3)4/h10-13,28,31-33,35-37H,14-27H2,1-9H3,(H,52,55)(H,53,56)(H,57,58)/t31-,32+,33-,35+,36-,37+,46+,47-,48-,49+/m1/s1. The Morgan fingerprint density at radius 1 is 0.852 bits per heavy atom. The molecule has 0 bridgehead atoms. The van der Waals surface area contributed by atoms with E-state index < -0.39 is 34.2 Å². The Morgan fingerprint density at radius 2 is 1.54 bits per heavy atom. The van der Waals surface area contributed by atoms with Crippen LogP contribution in [-0.4, -0.2) is 66.0 Å². The van der Waals surface area contributed by atoms with Gasteiger partial charge in [0.25, 0.3) is 5.91 Å². The third-order valence-electron chi connectivity index (χ3n) is 19.0. The van der Waals surface area contributed by atoms with Gasteiger partial charge in [-0.25, -0.2) is 0 Å². The molecule has 5 saturated carbocycles. The summed E-state index contributed by atoms with van der Waals surface area (Å²) in [6.45, 7) is 21.0. The molecule has 6 fully saturated rings. The lowest BCUT2D eigenvalue weighted by Crippen LogP contribution is -2.67. The number of carboxylic acids is 1. The number of ether oxygens (including phenoxy) is 2. The fraction of sp³-hybridized carbons (Fsp3) is 0.740. The minimum atomic E-state index is -0.843. The molecule has 10 nitrogen and oxygen atoms in total. The molecule has 2 amide bonds. The molecule has 8 rings (SSSR count). The molecule has 10 atom stereocenters. The van der Waals surface area contributed by atoms with Gasteiger partial charge in [-0.15, -0.1) is 0 Å². The monoisotopic (exact) mass is 860 g/mol. The molecule has 6 aliphatic carbocycles. The van der Waals surface area contributed by atoms with Crippen molar-refractivity contribution in [3.8, 4) is 0 Å². The molecule has 0 spiro atoms. The van der Waals surface area contributed by atoms with E-state index >= 15 is 0 Å². The van der Waals surface area contributed by atoms with E-state index in [0.717, 1.165) is 56.9 Å². The van der Waals surface area contributed by atoms with Gasteiger partial charge in [0.15, 0.2) is 5.78 Å². The highest BCUT2D eigenvalue weighted by molar-refractivity contribution is 6.30. The molecule has 0 aromatic heterocycles. The molecule has 334 valence electrons. The lowest BCUT2D eigenvalue weighted by Gasteiger charge is -2.72. The summed E-state index contributed by atoms with van der Waals surface area (Å²) in [5.41, 5.74) is 0.596. The van der Waals surface area contributed by atoms with Crippen LogP contribution >= 0.6 is 11.6 Å². The maximum atomic E-state index is 14.2. The lowest BCUT2D eigenvalue weighted by atomic mass is 9.33. The Bertz CT molecular complexity index is 2040. The molecule has 0 radical (unpaired) electrons. The number of hydrogen-bond donors (Lipinski definition) is 3. The van der Waals surface area contributed by atoms with Crippen molar-refractivity contribution in [2.24, 2.45) is 68.0 Å². The number of carbonyl (C=O) groups is 5. The fourth-order valence-corrected chi connectivity index (χ4v) is 15.3. The van der Waals surface area contributed by atoms with Crippen molar-refractivity contribution in [2.45, 2.75) is 145 Å². The van der Waals surface area contributed by atoms with E-state index in [2.05, 4.69) is 59.1 Å². The molecule has 1 heterocycles. The van der Waals surface area contributed by atoms with Gasteiger partial charge in [-0.1, -0.05) is 79.5 Å². The second-order valence-corrected chi connectivity index (χ2v) is 23.4. The molecule has 11 heteroatoms. The third-order valence-corrected chi connectivity index (χ3v) is 19.2. The SMILES string of the molecule is CC(C)C1=C2[C@H]3CC[C@@H]4[C@@]5(C)CC[C@H](OC(=O)[C@H]6C[C@@H](C(=O)O)C6(C)C)C(C)(C)[C@@H]5CC[C@@]4(C)[C@]3(C)CC[C@@]2(CC(=O)NCC2(NC(=O)c3ccc(Cl)cc3)COC2)CC1=O. The van der Waals surface area contributed by atoms with Crippen LogP contribution in [0.4, 0.5) is 0 Å². The Hall–Kier alpha value is -3.24. The number of allylic oxidation sites excluding steroid dienone is 2. The normalized spacial score (nSPS) is 39.0. The number of nitrogens with one attached hydrogen (secondary N) is 2. The number of esters is 1. The minimum absolute atomic E-state index is 0.0105. The van der Waals surface area contributed by atoms with E-state index in [1.807, 2.05) is 13.8 Å². The first kappa shape index (κ1) is 44.4. The average molecular weight is 862 g/mol. The summed E-state index contributed by atoms with van der Waals surface area (Å²) in [4.78, 5) is 67.0. The van der Waals surface area contributed by atoms with E-state index in [1.54, 1.807) is 24.3 Å². The van der Waals surface area contributed by atoms with E-state index in [-0.39, 0.29) is 76.1 Å². The van der Waals surface area contributed by atoms with Crippen molar-refractivity contribution in [3.63, 3.8) is 0 Å². The number of amides is 2. The van der Waals surface area contributed by atoms with Gasteiger partial charge < -0.3 is 25.2 Å². The van der Waals surface area contributed by atoms with Gasteiger partial charge in [-0.2, -0.15) is 0 Å². The highest BCUT2D eigenvalue weighted by Gasteiger charge is 2.70. The van der Waals surface area contributed by atoms with Gasteiger partial charge in [0.05, 0.1) is 25.0 Å². The number of Topliss-reactive ketones (excluding diaryl/α,β-unsaturated/α-hetero) is 1. The number of ketones is 1. The molecule has 61 heavy (non-hydrogen) atoms. The number of fused-ring (bicyclic) bond motifs is 7. The number of halogens is 1. The summed E-state index contributed by atoms with van der Waals surface area (Å²) in [5.74, 6) is -1.08. The summed E-state index contributed by atoms with van der Waals surface area (Å²) < 4.78 is 12.0. The molecule has 3 N–H and O–H groups in total. The summed E-state index contributed by atoms with van der Waals surface area (Å²) >= 11 is 6.04. The van der Waals surface area contributed by atoms with Crippen LogP contribution < -0.4 is 10.6 Å². The predicted octanol–water partition coefficient (Wildman–Crippen LogP) is 8.98. The van der Waals surface area contributed by atoms with Crippen molar-refractivity contribution < 1.29 is 38.6 Å². The summed E-state index contributed by atoms with van der Waals surface area (Å²) in [6.07, 6.45) is 8.39. The van der Waals surface area contributed by atoms with Gasteiger partial charge >= 0.3 is 11.9 Å². The van der Waals surface area contributed by atoms with Crippen molar-refractivity contribution >= 4 is 41.1 Å². The molecule has 1 aromatic rings. The summed E-state index contributed by atoms with van der Waals surface area (Å²) in [5, 5.41) is 16.5. The second-order valence-electron chi connectivity index (χ2n) is 23.0. The number of aliphatic carboxylic acids is 1. The van der Waals surface area contributed by atoms with E-state index in [1.165, 1.54) is 5.57 Å². The number of benzene rings is 1. The van der Waals surface area contributed by atoms with Crippen molar-refractivity contribution in [3.05, 3.63) is 46.0 Å². The molecular weight excluding hydrogens is 792 g/mol. The van der Waals surface area contributed by atoms with Gasteiger partial charge in [-0.3, -0.25) is 24.0 Å². The predicted molar refractivity (Wildman–Crippen MR) is 232 cm³/mol. The zero-order chi connectivity index (χ0) is 44.3. The number of rotatable bonds is 10. The van der Waals surface area contributed by atoms with Gasteiger partial charge in [-0.05, 0) is 133 Å². The fourth-order valence-electron chi connectivity index (χ4n) is 15.2. The summed E-state index contributed by atoms with van der Waals surface area (Å²) in [7, 11) is 0. The van der Waals surface area contributed by atoms with Gasteiger partial charge in [0.1, 0.15) is 11.6 Å². The Balaban J connectivity index is 0.994. The van der Waals surface area contributed by atoms with E-state index in [9.17, 15) is 29.1 Å². The topological polar surface area (TPSA) is 148 Å². The third kappa shape index (κ3) is 6.75. The van der Waals surface area contributed by atoms with E-state index in [0.29, 0.717) is 48.5 Å². The van der Waals surface area contributed by atoms with Crippen molar-refractivity contribution in [1.82, 2.24) is 10.6 Å². The second kappa shape index (κ2) is 14.9. The molecule has 1 aromatic carbocycles. The molecule has 7 aliphatic rings. The van der Waals surface area contributed by atoms with Gasteiger partial charge in [0.2, 0.25) is 5.91 Å². The van der Waals surface area contributed by atoms with Crippen LogP contribution in [0, 0.1) is 68.0 Å². The molecule has 0 unspecified atom stereocenters. The Morgan fingerprint density at radius 3 is 2.15 bits per heavy atom. The quantitative estimate of drug-likeness (QED) is 0.198. The minimum Gasteiger partial charge on any atom is -0.481 e. The van der Waals surface area contributed by atoms with Crippen LogP contribution in [-0.2, 0) is 28.7 Å². The molecule has 1 saturated heterocycles. The highest BCUT2D eigenvalue weighted by atomic mass is 35.5. The van der Waals surface area contributed by atoms with Crippen LogP contribution in [0.15, 0.2) is 35.4 Å². The lowest BCUT2D eigenvalue weighted by molar-refractivity contribution is -0.236. The number of carboxylic acid groups (broad SMARTS) is 1. The van der Waals surface area contributed by atoms with Crippen LogP contribution in [0.5, 0.6) is 0 Å². The largest absolute Gasteiger partial charge is 0.481 e. The maximum Gasteiger partial charge on any atom is 0.309 e.